The van der Waals surface area contributed by atoms with Crippen molar-refractivity contribution in [2.45, 2.75) is 37.8 Å². The van der Waals surface area contributed by atoms with Crippen molar-refractivity contribution in [3.8, 4) is 0 Å². The fraction of sp³-hybridized carbons (Fsp3) is 1.00. The molecule has 2 fully saturated rings. The van der Waals surface area contributed by atoms with Crippen LogP contribution in [0.25, 0.3) is 0 Å². The zero-order valence-electron chi connectivity index (χ0n) is 9.14. The summed E-state index contributed by atoms with van der Waals surface area (Å²) in [4.78, 5) is 2.48. The third-order valence-corrected chi connectivity index (χ3v) is 5.43. The SMILES string of the molecule is NC1CCN(C2CCS(O)(O)CC2)CC1. The molecule has 4 nitrogen and oxygen atoms in total. The maximum absolute atomic E-state index is 9.53. The van der Waals surface area contributed by atoms with Crippen molar-refractivity contribution < 1.29 is 9.11 Å². The lowest BCUT2D eigenvalue weighted by molar-refractivity contribution is 0.142. The van der Waals surface area contributed by atoms with Crippen molar-refractivity contribution in [3.63, 3.8) is 0 Å². The number of likely N-dealkylation sites (tertiary alicyclic amines) is 1. The molecular formula is C10H22N2O2S. The average molecular weight is 234 g/mol. The highest BCUT2D eigenvalue weighted by molar-refractivity contribution is 8.24. The molecular weight excluding hydrogens is 212 g/mol. The zero-order valence-corrected chi connectivity index (χ0v) is 9.96. The summed E-state index contributed by atoms with van der Waals surface area (Å²) in [7, 11) is -2.22. The van der Waals surface area contributed by atoms with E-state index in [0.717, 1.165) is 38.8 Å². The van der Waals surface area contributed by atoms with E-state index in [1.807, 2.05) is 0 Å². The van der Waals surface area contributed by atoms with Crippen LogP contribution in [0.5, 0.6) is 0 Å². The number of piperidine rings is 1. The van der Waals surface area contributed by atoms with E-state index in [-0.39, 0.29) is 0 Å². The first-order valence-corrected chi connectivity index (χ1v) is 7.68. The van der Waals surface area contributed by atoms with Crippen LogP contribution in [0.4, 0.5) is 0 Å². The third kappa shape index (κ3) is 3.07. The largest absolute Gasteiger partial charge is 0.328 e. The van der Waals surface area contributed by atoms with E-state index in [4.69, 9.17) is 5.73 Å². The van der Waals surface area contributed by atoms with Gasteiger partial charge in [0.05, 0.1) is 0 Å². The molecule has 0 aliphatic carbocycles. The van der Waals surface area contributed by atoms with E-state index in [0.29, 0.717) is 23.6 Å². The van der Waals surface area contributed by atoms with E-state index >= 15 is 0 Å². The fourth-order valence-corrected chi connectivity index (χ4v) is 4.05. The number of nitrogens with zero attached hydrogens (tertiary/aromatic N) is 1. The summed E-state index contributed by atoms with van der Waals surface area (Å²) in [6.45, 7) is 2.18. The van der Waals surface area contributed by atoms with E-state index in [1.165, 1.54) is 0 Å². The Balaban J connectivity index is 1.80. The van der Waals surface area contributed by atoms with E-state index in [9.17, 15) is 9.11 Å². The van der Waals surface area contributed by atoms with Gasteiger partial charge in [-0.1, -0.05) is 0 Å². The summed E-state index contributed by atoms with van der Waals surface area (Å²) in [6.07, 6.45) is 4.06. The second-order valence-corrected chi connectivity index (χ2v) is 7.24. The predicted octanol–water partition coefficient (Wildman–Crippen LogP) is 1.32. The van der Waals surface area contributed by atoms with Crippen molar-refractivity contribution in [1.29, 1.82) is 0 Å². The lowest BCUT2D eigenvalue weighted by Gasteiger charge is -2.44. The molecule has 2 aliphatic rings. The minimum Gasteiger partial charge on any atom is -0.328 e. The Morgan fingerprint density at radius 2 is 1.53 bits per heavy atom. The van der Waals surface area contributed by atoms with Gasteiger partial charge in [-0.25, -0.2) is 0 Å². The number of nitrogens with two attached hydrogens (primary N) is 1. The van der Waals surface area contributed by atoms with Crippen LogP contribution in [0.3, 0.4) is 0 Å². The molecule has 2 aliphatic heterocycles. The molecule has 0 aromatic carbocycles. The molecule has 2 rings (SSSR count). The second kappa shape index (κ2) is 4.59. The quantitative estimate of drug-likeness (QED) is 0.640. The molecule has 0 unspecified atom stereocenters. The number of hydrogen-bond acceptors (Lipinski definition) is 4. The normalized spacial score (nSPS) is 32.7. The lowest BCUT2D eigenvalue weighted by Crippen LogP contribution is -2.47. The maximum atomic E-state index is 9.53. The van der Waals surface area contributed by atoms with Gasteiger partial charge in [-0.15, -0.1) is 0 Å². The van der Waals surface area contributed by atoms with Gasteiger partial charge in [0.2, 0.25) is 0 Å². The molecule has 0 bridgehead atoms. The first kappa shape index (κ1) is 11.7. The molecule has 0 saturated carbocycles. The van der Waals surface area contributed by atoms with Crippen LogP contribution in [0, 0.1) is 0 Å². The lowest BCUT2D eigenvalue weighted by atomic mass is 10.0. The molecule has 0 aromatic rings. The Labute approximate surface area is 93.2 Å². The minimum atomic E-state index is -2.22. The summed E-state index contributed by atoms with van der Waals surface area (Å²) >= 11 is 0. The van der Waals surface area contributed by atoms with Crippen LogP contribution < -0.4 is 5.73 Å². The maximum Gasteiger partial charge on any atom is 0.0389 e. The van der Waals surface area contributed by atoms with Crippen LogP contribution in [0.15, 0.2) is 0 Å². The van der Waals surface area contributed by atoms with Crippen molar-refractivity contribution in [2.75, 3.05) is 24.6 Å². The third-order valence-electron chi connectivity index (χ3n) is 3.65. The van der Waals surface area contributed by atoms with Crippen LogP contribution in [0.2, 0.25) is 0 Å². The standard InChI is InChI=1S/C10H22N2O2S/c11-9-1-5-12(6-2-9)10-3-7-15(13,14)8-4-10/h9-10,13-14H,1-8,11H2. The summed E-state index contributed by atoms with van der Waals surface area (Å²) in [5, 5.41) is 0. The minimum absolute atomic E-state index is 0.380. The van der Waals surface area contributed by atoms with Crippen LogP contribution >= 0.6 is 10.6 Å². The Morgan fingerprint density at radius 1 is 1.00 bits per heavy atom. The van der Waals surface area contributed by atoms with Crippen LogP contribution in [-0.4, -0.2) is 50.7 Å². The topological polar surface area (TPSA) is 69.7 Å². The monoisotopic (exact) mass is 234 g/mol. The van der Waals surface area contributed by atoms with Gasteiger partial charge in [0.1, 0.15) is 0 Å². The van der Waals surface area contributed by atoms with Crippen molar-refractivity contribution >= 4 is 10.6 Å². The highest BCUT2D eigenvalue weighted by Gasteiger charge is 2.29. The molecule has 0 atom stereocenters. The summed E-state index contributed by atoms with van der Waals surface area (Å²) in [6, 6.07) is 0.947. The van der Waals surface area contributed by atoms with Crippen molar-refractivity contribution in [2.24, 2.45) is 5.73 Å². The fourth-order valence-electron chi connectivity index (χ4n) is 2.55. The predicted molar refractivity (Wildman–Crippen MR) is 64.4 cm³/mol. The van der Waals surface area contributed by atoms with Gasteiger partial charge in [-0.05, 0) is 38.8 Å². The first-order chi connectivity index (χ1) is 7.07. The van der Waals surface area contributed by atoms with Gasteiger partial charge in [0.15, 0.2) is 0 Å². The Hall–Kier alpha value is 0.190. The van der Waals surface area contributed by atoms with E-state index in [2.05, 4.69) is 4.90 Å². The first-order valence-electron chi connectivity index (χ1n) is 5.80. The summed E-state index contributed by atoms with van der Waals surface area (Å²) in [5.74, 6) is 1.19. The Bertz CT molecular complexity index is 207. The molecule has 0 amide bonds. The Kier molecular flexibility index (Phi) is 3.57. The van der Waals surface area contributed by atoms with Crippen molar-refractivity contribution in [1.82, 2.24) is 4.90 Å². The van der Waals surface area contributed by atoms with Crippen LogP contribution in [-0.2, 0) is 0 Å². The van der Waals surface area contributed by atoms with Gasteiger partial charge in [-0.3, -0.25) is 9.11 Å². The molecule has 5 heteroatoms. The highest BCUT2D eigenvalue weighted by Crippen LogP contribution is 2.45. The Morgan fingerprint density at radius 3 is 2.07 bits per heavy atom. The molecule has 15 heavy (non-hydrogen) atoms. The van der Waals surface area contributed by atoms with Crippen LogP contribution in [0.1, 0.15) is 25.7 Å². The number of rotatable bonds is 1. The molecule has 0 radical (unpaired) electrons. The van der Waals surface area contributed by atoms with E-state index in [1.54, 1.807) is 0 Å². The average Bonchev–Trinajstić information content (AvgIpc) is 2.20. The highest BCUT2D eigenvalue weighted by atomic mass is 32.3. The van der Waals surface area contributed by atoms with E-state index < -0.39 is 10.6 Å². The van der Waals surface area contributed by atoms with Gasteiger partial charge in [0, 0.05) is 23.6 Å². The molecule has 0 aromatic heterocycles. The second-order valence-electron chi connectivity index (χ2n) is 4.81. The zero-order chi connectivity index (χ0) is 10.9. The number of hydrogen-bond donors (Lipinski definition) is 3. The van der Waals surface area contributed by atoms with Gasteiger partial charge in [0.25, 0.3) is 0 Å². The molecule has 2 heterocycles. The molecule has 0 spiro atoms. The summed E-state index contributed by atoms with van der Waals surface area (Å²) in [5.41, 5.74) is 5.87. The molecule has 90 valence electrons. The van der Waals surface area contributed by atoms with Gasteiger partial charge < -0.3 is 10.6 Å². The molecule has 4 N–H and O–H groups in total. The van der Waals surface area contributed by atoms with Gasteiger partial charge in [-0.2, -0.15) is 10.6 Å². The van der Waals surface area contributed by atoms with Crippen molar-refractivity contribution in [3.05, 3.63) is 0 Å². The van der Waals surface area contributed by atoms with Gasteiger partial charge >= 0.3 is 0 Å². The summed E-state index contributed by atoms with van der Waals surface area (Å²) < 4.78 is 19.1. The molecule has 2 saturated heterocycles. The smallest absolute Gasteiger partial charge is 0.0389 e.